The Hall–Kier alpha value is -1.20. The number of carbonyl (C=O) groups is 1. The molecule has 0 aromatic rings. The first kappa shape index (κ1) is 20.1. The Morgan fingerprint density at radius 3 is 2.75 bits per heavy atom. The molecule has 5 atom stereocenters. The van der Waals surface area contributed by atoms with Gasteiger partial charge in [0.15, 0.2) is 0 Å². The van der Waals surface area contributed by atoms with E-state index in [2.05, 4.69) is 35.9 Å². The van der Waals surface area contributed by atoms with Crippen LogP contribution in [0.1, 0.15) is 71.6 Å². The molecule has 28 heavy (non-hydrogen) atoms. The molecule has 5 nitrogen and oxygen atoms in total. The number of ketones is 1. The summed E-state index contributed by atoms with van der Waals surface area (Å²) in [6.07, 6.45) is 12.2. The first-order valence-corrected chi connectivity index (χ1v) is 11.3. The van der Waals surface area contributed by atoms with Gasteiger partial charge in [-0.15, -0.1) is 0 Å². The molecule has 0 bridgehead atoms. The molecule has 4 aliphatic carbocycles. The average molecular weight is 388 g/mol. The minimum Gasteiger partial charge on any atom is -0.320 e. The lowest BCUT2D eigenvalue weighted by atomic mass is 9.47. The number of Topliss-reactive ketones (excluding diaryl/α,β-unsaturated/α-hetero) is 1. The third-order valence-electron chi connectivity index (χ3n) is 8.61. The maximum absolute atomic E-state index is 12.5. The maximum Gasteiger partial charge on any atom is 0.139 e. The fourth-order valence-corrected chi connectivity index (χ4v) is 6.89. The second-order valence-electron chi connectivity index (χ2n) is 9.92. The van der Waals surface area contributed by atoms with Crippen LogP contribution in [0.4, 0.5) is 0 Å². The quantitative estimate of drug-likeness (QED) is 0.534. The standard InChI is InChI=1S/C23H37N3O2/c1-22-11-9-17(25-26-28-14-4-13-24-3)15-16(22)5-6-18-19-7-8-21(27)23(19,2)12-10-20(18)22/h15,18-20,24,26H,4-14H2,1-3H3. The van der Waals surface area contributed by atoms with Gasteiger partial charge >= 0.3 is 0 Å². The molecule has 5 heteroatoms. The molecule has 156 valence electrons. The maximum atomic E-state index is 12.5. The van der Waals surface area contributed by atoms with Crippen LogP contribution in [0, 0.1) is 28.6 Å². The van der Waals surface area contributed by atoms with Crippen LogP contribution in [0.3, 0.4) is 0 Å². The van der Waals surface area contributed by atoms with Crippen molar-refractivity contribution in [3.05, 3.63) is 11.6 Å². The largest absolute Gasteiger partial charge is 0.320 e. The van der Waals surface area contributed by atoms with Crippen LogP contribution in [-0.4, -0.2) is 31.7 Å². The van der Waals surface area contributed by atoms with Gasteiger partial charge in [-0.05, 0) is 94.2 Å². The third kappa shape index (κ3) is 3.35. The van der Waals surface area contributed by atoms with E-state index in [-0.39, 0.29) is 5.41 Å². The molecule has 0 heterocycles. The van der Waals surface area contributed by atoms with Crippen molar-refractivity contribution < 1.29 is 9.63 Å². The molecule has 5 unspecified atom stereocenters. The van der Waals surface area contributed by atoms with E-state index < -0.39 is 0 Å². The summed E-state index contributed by atoms with van der Waals surface area (Å²) >= 11 is 0. The van der Waals surface area contributed by atoms with Crippen molar-refractivity contribution in [3.63, 3.8) is 0 Å². The van der Waals surface area contributed by atoms with Crippen LogP contribution in [0.25, 0.3) is 0 Å². The van der Waals surface area contributed by atoms with E-state index >= 15 is 0 Å². The summed E-state index contributed by atoms with van der Waals surface area (Å²) in [5.41, 5.74) is 5.78. The normalized spacial score (nSPS) is 41.2. The van der Waals surface area contributed by atoms with Gasteiger partial charge < -0.3 is 5.32 Å². The zero-order valence-electron chi connectivity index (χ0n) is 17.9. The summed E-state index contributed by atoms with van der Waals surface area (Å²) in [5, 5.41) is 7.60. The highest BCUT2D eigenvalue weighted by Crippen LogP contribution is 2.64. The molecule has 3 saturated carbocycles. The number of fused-ring (bicyclic) bond motifs is 5. The van der Waals surface area contributed by atoms with E-state index in [0.717, 1.165) is 56.2 Å². The molecule has 4 rings (SSSR count). The summed E-state index contributed by atoms with van der Waals surface area (Å²) in [5.74, 6) is 2.64. The summed E-state index contributed by atoms with van der Waals surface area (Å²) in [6.45, 7) is 6.38. The Bertz CT molecular complexity index is 673. The first-order valence-electron chi connectivity index (χ1n) is 11.3. The van der Waals surface area contributed by atoms with Gasteiger partial charge in [-0.1, -0.05) is 19.4 Å². The summed E-state index contributed by atoms with van der Waals surface area (Å²) in [7, 11) is 1.95. The van der Waals surface area contributed by atoms with E-state index in [9.17, 15) is 4.79 Å². The van der Waals surface area contributed by atoms with Gasteiger partial charge in [0, 0.05) is 11.8 Å². The Morgan fingerprint density at radius 1 is 1.11 bits per heavy atom. The van der Waals surface area contributed by atoms with Crippen molar-refractivity contribution in [3.8, 4) is 0 Å². The second-order valence-corrected chi connectivity index (χ2v) is 9.92. The van der Waals surface area contributed by atoms with Gasteiger partial charge in [0.2, 0.25) is 0 Å². The van der Waals surface area contributed by atoms with Crippen molar-refractivity contribution in [2.75, 3.05) is 20.2 Å². The Morgan fingerprint density at radius 2 is 1.93 bits per heavy atom. The van der Waals surface area contributed by atoms with Gasteiger partial charge in [-0.2, -0.15) is 10.7 Å². The molecule has 0 saturated heterocycles. The van der Waals surface area contributed by atoms with Crippen LogP contribution >= 0.6 is 0 Å². The fourth-order valence-electron chi connectivity index (χ4n) is 6.89. The van der Waals surface area contributed by atoms with E-state index in [1.54, 1.807) is 5.57 Å². The van der Waals surface area contributed by atoms with Gasteiger partial charge in [-0.25, -0.2) is 0 Å². The second kappa shape index (κ2) is 7.91. The molecule has 0 aliphatic heterocycles. The number of nitrogens with one attached hydrogen (secondary N) is 2. The lowest BCUT2D eigenvalue weighted by Gasteiger charge is -2.57. The predicted molar refractivity (Wildman–Crippen MR) is 112 cm³/mol. The number of rotatable bonds is 6. The Kier molecular flexibility index (Phi) is 5.67. The predicted octanol–water partition coefficient (Wildman–Crippen LogP) is 4.01. The van der Waals surface area contributed by atoms with Crippen molar-refractivity contribution in [2.24, 2.45) is 33.7 Å². The molecule has 0 radical (unpaired) electrons. The number of carbonyl (C=O) groups excluding carboxylic acids is 1. The lowest BCUT2D eigenvalue weighted by molar-refractivity contribution is -0.132. The van der Waals surface area contributed by atoms with Crippen LogP contribution in [0.2, 0.25) is 0 Å². The lowest BCUT2D eigenvalue weighted by Crippen LogP contribution is -2.50. The van der Waals surface area contributed by atoms with E-state index in [1.165, 1.54) is 25.7 Å². The monoisotopic (exact) mass is 387 g/mol. The zero-order chi connectivity index (χ0) is 19.8. The number of hydrazone groups is 1. The van der Waals surface area contributed by atoms with Crippen LogP contribution < -0.4 is 10.9 Å². The Labute approximate surface area is 169 Å². The topological polar surface area (TPSA) is 62.7 Å². The third-order valence-corrected chi connectivity index (χ3v) is 8.61. The Balaban J connectivity index is 1.43. The van der Waals surface area contributed by atoms with E-state index in [0.29, 0.717) is 23.7 Å². The van der Waals surface area contributed by atoms with Gasteiger partial charge in [0.25, 0.3) is 0 Å². The fraction of sp³-hybridized carbons (Fsp3) is 0.826. The van der Waals surface area contributed by atoms with Gasteiger partial charge in [0.1, 0.15) is 5.78 Å². The van der Waals surface area contributed by atoms with E-state index in [4.69, 9.17) is 4.84 Å². The number of hydrogen-bond acceptors (Lipinski definition) is 5. The minimum atomic E-state index is -0.0193. The van der Waals surface area contributed by atoms with Crippen molar-refractivity contribution in [1.82, 2.24) is 10.9 Å². The molecular formula is C23H37N3O2. The zero-order valence-corrected chi connectivity index (χ0v) is 17.9. The molecule has 4 aliphatic rings. The molecule has 2 N–H and O–H groups in total. The molecular weight excluding hydrogens is 350 g/mol. The summed E-state index contributed by atoms with van der Waals surface area (Å²) in [6, 6.07) is 0. The molecule has 0 aromatic carbocycles. The number of hydrogen-bond donors (Lipinski definition) is 2. The summed E-state index contributed by atoms with van der Waals surface area (Å²) in [4.78, 5) is 18.0. The van der Waals surface area contributed by atoms with Crippen molar-refractivity contribution >= 4 is 11.5 Å². The smallest absolute Gasteiger partial charge is 0.139 e. The SMILES string of the molecule is CNCCCONN=C1C=C2CCC3C4CCC(=O)C4(C)CCC3C2(C)CC1. The van der Waals surface area contributed by atoms with Gasteiger partial charge in [-0.3, -0.25) is 9.63 Å². The highest BCUT2D eigenvalue weighted by atomic mass is 16.7. The van der Waals surface area contributed by atoms with Crippen molar-refractivity contribution in [2.45, 2.75) is 71.6 Å². The van der Waals surface area contributed by atoms with Crippen LogP contribution in [-0.2, 0) is 9.63 Å². The molecule has 0 aromatic heterocycles. The molecule has 3 fully saturated rings. The average Bonchev–Trinajstić information content (AvgIpc) is 2.99. The first-order chi connectivity index (χ1) is 13.5. The molecule has 0 spiro atoms. The van der Waals surface area contributed by atoms with E-state index in [1.807, 2.05) is 7.05 Å². The number of allylic oxidation sites excluding steroid dienone is 2. The van der Waals surface area contributed by atoms with Crippen LogP contribution in [0.5, 0.6) is 0 Å². The van der Waals surface area contributed by atoms with Crippen molar-refractivity contribution in [1.29, 1.82) is 0 Å². The number of nitrogens with zero attached hydrogens (tertiary/aromatic N) is 1. The minimum absolute atomic E-state index is 0.0193. The molecule has 0 amide bonds. The highest BCUT2D eigenvalue weighted by molar-refractivity contribution is 5.96. The van der Waals surface area contributed by atoms with Crippen LogP contribution in [0.15, 0.2) is 16.8 Å². The highest BCUT2D eigenvalue weighted by Gasteiger charge is 2.58. The summed E-state index contributed by atoms with van der Waals surface area (Å²) < 4.78 is 0. The van der Waals surface area contributed by atoms with Gasteiger partial charge in [0.05, 0.1) is 12.3 Å².